The largest absolute Gasteiger partial charge is 0.494 e. The van der Waals surface area contributed by atoms with E-state index in [1.807, 2.05) is 24.3 Å². The maximum absolute atomic E-state index is 5.56. The van der Waals surface area contributed by atoms with E-state index < -0.39 is 0 Å². The van der Waals surface area contributed by atoms with Gasteiger partial charge in [-0.15, -0.1) is 10.2 Å². The summed E-state index contributed by atoms with van der Waals surface area (Å²) in [5.41, 5.74) is 6.54. The van der Waals surface area contributed by atoms with Crippen molar-refractivity contribution in [2.24, 2.45) is 4.99 Å². The number of nitrogens with zero attached hydrogens (tertiary/aromatic N) is 3. The number of nitrogens with two attached hydrogens (primary N) is 1. The minimum atomic E-state index is 0.474. The Kier molecular flexibility index (Phi) is 4.25. The molecule has 18 heavy (non-hydrogen) atoms. The third-order valence-electron chi connectivity index (χ3n) is 2.27. The fourth-order valence-corrected chi connectivity index (χ4v) is 2.03. The van der Waals surface area contributed by atoms with Crippen LogP contribution in [0, 0.1) is 0 Å². The van der Waals surface area contributed by atoms with Crippen LogP contribution in [0.5, 0.6) is 5.75 Å². The van der Waals surface area contributed by atoms with Crippen molar-refractivity contribution in [2.45, 2.75) is 6.42 Å². The van der Waals surface area contributed by atoms with E-state index in [0.29, 0.717) is 11.7 Å². The maximum Gasteiger partial charge on any atom is 0.203 e. The van der Waals surface area contributed by atoms with Gasteiger partial charge in [0.25, 0.3) is 0 Å². The van der Waals surface area contributed by atoms with Crippen LogP contribution in [-0.2, 0) is 0 Å². The molecule has 2 rings (SSSR count). The van der Waals surface area contributed by atoms with Gasteiger partial charge < -0.3 is 15.5 Å². The number of aromatic nitrogens is 2. The van der Waals surface area contributed by atoms with Crippen molar-refractivity contribution in [2.75, 3.05) is 18.9 Å². The highest BCUT2D eigenvalue weighted by Crippen LogP contribution is 2.26. The molecule has 0 amide bonds. The van der Waals surface area contributed by atoms with E-state index in [-0.39, 0.29) is 0 Å². The topological polar surface area (TPSA) is 73.4 Å². The highest BCUT2D eigenvalue weighted by atomic mass is 32.1. The molecule has 0 saturated carbocycles. The molecule has 0 fully saturated rings. The van der Waals surface area contributed by atoms with E-state index in [9.17, 15) is 0 Å². The van der Waals surface area contributed by atoms with Crippen LogP contribution in [0.3, 0.4) is 0 Å². The van der Waals surface area contributed by atoms with Gasteiger partial charge in [-0.25, -0.2) is 0 Å². The predicted molar refractivity (Wildman–Crippen MR) is 74.3 cm³/mol. The lowest BCUT2D eigenvalue weighted by Crippen LogP contribution is -1.98. The van der Waals surface area contributed by atoms with Gasteiger partial charge in [0.2, 0.25) is 5.13 Å². The molecule has 1 aromatic heterocycles. The Morgan fingerprint density at radius 1 is 1.28 bits per heavy atom. The molecule has 0 spiro atoms. The molecule has 0 aliphatic carbocycles. The molecule has 0 bridgehead atoms. The Hall–Kier alpha value is -1.95. The average Bonchev–Trinajstić information content (AvgIpc) is 2.82. The van der Waals surface area contributed by atoms with Crippen molar-refractivity contribution in [3.05, 3.63) is 24.3 Å². The van der Waals surface area contributed by atoms with Crippen LogP contribution in [0.1, 0.15) is 6.42 Å². The lowest BCUT2D eigenvalue weighted by Gasteiger charge is -2.05. The van der Waals surface area contributed by atoms with Gasteiger partial charge in [0.1, 0.15) is 10.8 Å². The lowest BCUT2D eigenvalue weighted by atomic mass is 10.2. The fourth-order valence-electron chi connectivity index (χ4n) is 1.41. The smallest absolute Gasteiger partial charge is 0.203 e. The summed E-state index contributed by atoms with van der Waals surface area (Å²) in [6.07, 6.45) is 0.873. The second kappa shape index (κ2) is 6.11. The molecule has 0 aliphatic heterocycles. The van der Waals surface area contributed by atoms with E-state index in [4.69, 9.17) is 10.5 Å². The Balaban J connectivity index is 1.95. The van der Waals surface area contributed by atoms with Gasteiger partial charge in [-0.2, -0.15) is 0 Å². The van der Waals surface area contributed by atoms with Gasteiger partial charge in [-0.05, 0) is 31.0 Å². The van der Waals surface area contributed by atoms with Crippen molar-refractivity contribution in [3.63, 3.8) is 0 Å². The Bertz CT molecular complexity index is 509. The van der Waals surface area contributed by atoms with Crippen LogP contribution in [0.2, 0.25) is 0 Å². The van der Waals surface area contributed by atoms with E-state index >= 15 is 0 Å². The average molecular weight is 262 g/mol. The molecule has 6 heteroatoms. The summed E-state index contributed by atoms with van der Waals surface area (Å²) in [7, 11) is 0. The predicted octanol–water partition coefficient (Wildman–Crippen LogP) is 2.26. The van der Waals surface area contributed by atoms with E-state index in [1.165, 1.54) is 11.3 Å². The van der Waals surface area contributed by atoms with E-state index in [1.54, 1.807) is 0 Å². The second-order valence-corrected chi connectivity index (χ2v) is 4.63. The van der Waals surface area contributed by atoms with Crippen LogP contribution in [0.25, 0.3) is 10.6 Å². The second-order valence-electron chi connectivity index (χ2n) is 3.62. The Labute approximate surface area is 109 Å². The summed E-state index contributed by atoms with van der Waals surface area (Å²) < 4.78 is 5.56. The first kappa shape index (κ1) is 12.5. The van der Waals surface area contributed by atoms with Crippen LogP contribution in [0.15, 0.2) is 29.3 Å². The summed E-state index contributed by atoms with van der Waals surface area (Å²) in [4.78, 5) is 3.77. The van der Waals surface area contributed by atoms with Gasteiger partial charge in [0, 0.05) is 18.5 Å². The number of rotatable bonds is 6. The van der Waals surface area contributed by atoms with E-state index in [2.05, 4.69) is 21.9 Å². The summed E-state index contributed by atoms with van der Waals surface area (Å²) in [5.74, 6) is 0.834. The van der Waals surface area contributed by atoms with Gasteiger partial charge >= 0.3 is 0 Å². The van der Waals surface area contributed by atoms with Gasteiger partial charge in [0.15, 0.2) is 0 Å². The molecule has 94 valence electrons. The zero-order valence-electron chi connectivity index (χ0n) is 9.87. The quantitative estimate of drug-likeness (QED) is 0.640. The molecular formula is C12H14N4OS. The Morgan fingerprint density at radius 2 is 2.06 bits per heavy atom. The molecule has 0 aliphatic rings. The monoisotopic (exact) mass is 262 g/mol. The van der Waals surface area contributed by atoms with Crippen LogP contribution < -0.4 is 10.5 Å². The van der Waals surface area contributed by atoms with Crippen LogP contribution in [-0.4, -0.2) is 30.1 Å². The third-order valence-corrected chi connectivity index (χ3v) is 3.07. The standard InChI is InChI=1S/C12H14N4OS/c1-14-7-2-8-17-10-5-3-9(4-6-10)11-15-16-12(13)18-11/h3-6H,1-2,7-8H2,(H2,13,16). The lowest BCUT2D eigenvalue weighted by molar-refractivity contribution is 0.313. The minimum Gasteiger partial charge on any atom is -0.494 e. The number of nitrogen functional groups attached to an aromatic ring is 1. The van der Waals surface area contributed by atoms with Crippen molar-refractivity contribution in [1.82, 2.24) is 10.2 Å². The van der Waals surface area contributed by atoms with Gasteiger partial charge in [-0.1, -0.05) is 11.3 Å². The van der Waals surface area contributed by atoms with Gasteiger partial charge in [0.05, 0.1) is 6.61 Å². The SMILES string of the molecule is C=NCCCOc1ccc(-c2nnc(N)s2)cc1. The first-order valence-corrected chi connectivity index (χ1v) is 6.36. The molecule has 0 saturated heterocycles. The zero-order valence-corrected chi connectivity index (χ0v) is 10.7. The highest BCUT2D eigenvalue weighted by molar-refractivity contribution is 7.18. The molecule has 0 radical (unpaired) electrons. The summed E-state index contributed by atoms with van der Waals surface area (Å²) >= 11 is 1.37. The first-order chi connectivity index (χ1) is 8.79. The Morgan fingerprint density at radius 3 is 2.67 bits per heavy atom. The molecule has 1 heterocycles. The highest BCUT2D eigenvalue weighted by Gasteiger charge is 2.04. The molecule has 5 nitrogen and oxygen atoms in total. The third kappa shape index (κ3) is 3.27. The van der Waals surface area contributed by atoms with Crippen molar-refractivity contribution in [3.8, 4) is 16.3 Å². The number of hydrogen-bond donors (Lipinski definition) is 1. The van der Waals surface area contributed by atoms with Crippen molar-refractivity contribution in [1.29, 1.82) is 0 Å². The number of aliphatic imine (C=N–C) groups is 1. The fraction of sp³-hybridized carbons (Fsp3) is 0.250. The number of hydrogen-bond acceptors (Lipinski definition) is 6. The summed E-state index contributed by atoms with van der Waals surface area (Å²) in [6, 6.07) is 7.71. The molecular weight excluding hydrogens is 248 g/mol. The van der Waals surface area contributed by atoms with Crippen molar-refractivity contribution >= 4 is 23.2 Å². The number of anilines is 1. The van der Waals surface area contributed by atoms with Crippen molar-refractivity contribution < 1.29 is 4.74 Å². The molecule has 0 atom stereocenters. The van der Waals surface area contributed by atoms with E-state index in [0.717, 1.165) is 29.3 Å². The molecule has 2 N–H and O–H groups in total. The number of ether oxygens (including phenoxy) is 1. The summed E-state index contributed by atoms with van der Waals surface area (Å²) in [5, 5.41) is 9.06. The molecule has 2 aromatic rings. The van der Waals surface area contributed by atoms with Crippen LogP contribution in [0.4, 0.5) is 5.13 Å². The van der Waals surface area contributed by atoms with Gasteiger partial charge in [-0.3, -0.25) is 0 Å². The number of benzene rings is 1. The minimum absolute atomic E-state index is 0.474. The normalized spacial score (nSPS) is 10.2. The molecule has 1 aromatic carbocycles. The van der Waals surface area contributed by atoms with Crippen LogP contribution >= 0.6 is 11.3 Å². The zero-order chi connectivity index (χ0) is 12.8. The maximum atomic E-state index is 5.56. The molecule has 0 unspecified atom stereocenters. The first-order valence-electron chi connectivity index (χ1n) is 5.54. The summed E-state index contributed by atoms with van der Waals surface area (Å²) in [6.45, 7) is 4.79.